The second-order valence-corrected chi connectivity index (χ2v) is 6.96. The highest BCUT2D eigenvalue weighted by atomic mass is 79.9. The summed E-state index contributed by atoms with van der Waals surface area (Å²) in [6, 6.07) is 26.1. The molecule has 0 unspecified atom stereocenters. The van der Waals surface area contributed by atoms with Crippen LogP contribution in [0.2, 0.25) is 0 Å². The fourth-order valence-corrected chi connectivity index (χ4v) is 3.49. The van der Waals surface area contributed by atoms with Crippen molar-refractivity contribution in [2.45, 2.75) is 0 Å². The molecule has 4 heteroatoms. The third kappa shape index (κ3) is 2.50. The van der Waals surface area contributed by atoms with Crippen LogP contribution in [-0.4, -0.2) is 9.97 Å². The van der Waals surface area contributed by atoms with Crippen LogP contribution in [0.25, 0.3) is 44.7 Å². The second-order valence-electron chi connectivity index (χ2n) is 6.05. The Kier molecular flexibility index (Phi) is 3.57. The fraction of sp³-hybridized carbons (Fsp3) is 0. The van der Waals surface area contributed by atoms with Crippen molar-refractivity contribution in [2.75, 3.05) is 0 Å². The number of fused-ring (bicyclic) bond motifs is 3. The normalized spacial score (nSPS) is 11.3. The van der Waals surface area contributed by atoms with Crippen LogP contribution in [0.3, 0.4) is 0 Å². The highest BCUT2D eigenvalue weighted by molar-refractivity contribution is 9.10. The number of hydrogen-bond donors (Lipinski definition) is 0. The van der Waals surface area contributed by atoms with Gasteiger partial charge in [0, 0.05) is 21.0 Å². The van der Waals surface area contributed by atoms with E-state index in [2.05, 4.69) is 15.9 Å². The van der Waals surface area contributed by atoms with E-state index >= 15 is 0 Å². The summed E-state index contributed by atoms with van der Waals surface area (Å²) in [7, 11) is 0. The van der Waals surface area contributed by atoms with E-state index in [1.807, 2.05) is 78.9 Å². The van der Waals surface area contributed by atoms with E-state index in [-0.39, 0.29) is 0 Å². The van der Waals surface area contributed by atoms with E-state index in [1.54, 1.807) is 0 Å². The lowest BCUT2D eigenvalue weighted by Crippen LogP contribution is -1.93. The van der Waals surface area contributed by atoms with Gasteiger partial charge < -0.3 is 4.42 Å². The lowest BCUT2D eigenvalue weighted by molar-refractivity contribution is 0.667. The lowest BCUT2D eigenvalue weighted by atomic mass is 10.1. The Hall–Kier alpha value is -2.98. The van der Waals surface area contributed by atoms with Gasteiger partial charge in [0.05, 0.1) is 0 Å². The van der Waals surface area contributed by atoms with E-state index in [9.17, 15) is 0 Å². The molecule has 26 heavy (non-hydrogen) atoms. The molecule has 0 aliphatic carbocycles. The molecule has 124 valence electrons. The summed E-state index contributed by atoms with van der Waals surface area (Å²) in [6.07, 6.45) is 0. The Morgan fingerprint density at radius 3 is 2.15 bits per heavy atom. The van der Waals surface area contributed by atoms with Gasteiger partial charge in [0.15, 0.2) is 11.4 Å². The number of nitrogens with zero attached hydrogens (tertiary/aromatic N) is 2. The number of aromatic nitrogens is 2. The fourth-order valence-electron chi connectivity index (χ4n) is 3.12. The molecule has 3 nitrogen and oxygen atoms in total. The first-order valence-corrected chi connectivity index (χ1v) is 9.09. The number of hydrogen-bond acceptors (Lipinski definition) is 3. The van der Waals surface area contributed by atoms with Crippen LogP contribution < -0.4 is 0 Å². The van der Waals surface area contributed by atoms with Crippen LogP contribution in [0.4, 0.5) is 0 Å². The van der Waals surface area contributed by atoms with Crippen molar-refractivity contribution in [1.29, 1.82) is 0 Å². The van der Waals surface area contributed by atoms with Gasteiger partial charge in [0.25, 0.3) is 0 Å². The van der Waals surface area contributed by atoms with Crippen molar-refractivity contribution in [3.63, 3.8) is 0 Å². The SMILES string of the molecule is Brc1ccc2oc3c(-c4ccccc4)nc(-c4ccccc4)nc3c2c1. The molecule has 0 aliphatic heterocycles. The number of benzene rings is 3. The summed E-state index contributed by atoms with van der Waals surface area (Å²) in [5, 5.41) is 0.978. The van der Waals surface area contributed by atoms with Crippen LogP contribution in [0.15, 0.2) is 87.8 Å². The Morgan fingerprint density at radius 2 is 1.42 bits per heavy atom. The maximum Gasteiger partial charge on any atom is 0.180 e. The first-order chi connectivity index (χ1) is 12.8. The summed E-state index contributed by atoms with van der Waals surface area (Å²) in [5.41, 5.74) is 5.14. The Bertz CT molecular complexity index is 1230. The summed E-state index contributed by atoms with van der Waals surface area (Å²) in [6.45, 7) is 0. The van der Waals surface area contributed by atoms with E-state index in [0.717, 1.165) is 37.8 Å². The van der Waals surface area contributed by atoms with Gasteiger partial charge in [-0.05, 0) is 18.2 Å². The third-order valence-corrected chi connectivity index (χ3v) is 4.85. The molecular formula is C22H13BrN2O. The first kappa shape index (κ1) is 15.3. The molecule has 0 saturated carbocycles. The minimum Gasteiger partial charge on any atom is -0.452 e. The minimum absolute atomic E-state index is 0.694. The van der Waals surface area contributed by atoms with Gasteiger partial charge in [0.2, 0.25) is 0 Å². The monoisotopic (exact) mass is 400 g/mol. The van der Waals surface area contributed by atoms with E-state index in [0.29, 0.717) is 11.4 Å². The zero-order valence-electron chi connectivity index (χ0n) is 13.7. The van der Waals surface area contributed by atoms with Crippen molar-refractivity contribution >= 4 is 38.0 Å². The largest absolute Gasteiger partial charge is 0.452 e. The molecule has 0 bridgehead atoms. The minimum atomic E-state index is 0.694. The summed E-state index contributed by atoms with van der Waals surface area (Å²) < 4.78 is 7.13. The number of rotatable bonds is 2. The maximum absolute atomic E-state index is 6.14. The van der Waals surface area contributed by atoms with Gasteiger partial charge in [0.1, 0.15) is 16.8 Å². The lowest BCUT2D eigenvalue weighted by Gasteiger charge is -2.06. The molecular weight excluding hydrogens is 388 g/mol. The maximum atomic E-state index is 6.14. The molecule has 0 N–H and O–H groups in total. The van der Waals surface area contributed by atoms with Crippen molar-refractivity contribution in [2.24, 2.45) is 0 Å². The van der Waals surface area contributed by atoms with Crippen molar-refractivity contribution in [1.82, 2.24) is 9.97 Å². The highest BCUT2D eigenvalue weighted by Gasteiger charge is 2.17. The first-order valence-electron chi connectivity index (χ1n) is 8.30. The molecule has 0 atom stereocenters. The van der Waals surface area contributed by atoms with Crippen LogP contribution >= 0.6 is 15.9 Å². The van der Waals surface area contributed by atoms with E-state index in [1.165, 1.54) is 0 Å². The molecule has 2 heterocycles. The van der Waals surface area contributed by atoms with Crippen molar-refractivity contribution in [3.05, 3.63) is 83.3 Å². The van der Waals surface area contributed by atoms with Gasteiger partial charge in [-0.1, -0.05) is 76.6 Å². The molecule has 3 aromatic carbocycles. The van der Waals surface area contributed by atoms with Gasteiger partial charge in [-0.15, -0.1) is 0 Å². The molecule has 0 amide bonds. The van der Waals surface area contributed by atoms with Gasteiger partial charge >= 0.3 is 0 Å². The van der Waals surface area contributed by atoms with Crippen molar-refractivity contribution in [3.8, 4) is 22.6 Å². The quantitative estimate of drug-likeness (QED) is 0.340. The van der Waals surface area contributed by atoms with E-state index in [4.69, 9.17) is 14.4 Å². The third-order valence-electron chi connectivity index (χ3n) is 4.35. The summed E-state index contributed by atoms with van der Waals surface area (Å²) >= 11 is 3.54. The molecule has 0 radical (unpaired) electrons. The molecule has 0 spiro atoms. The Morgan fingerprint density at radius 1 is 0.731 bits per heavy atom. The van der Waals surface area contributed by atoms with Gasteiger partial charge in [-0.25, -0.2) is 9.97 Å². The smallest absolute Gasteiger partial charge is 0.180 e. The predicted octanol–water partition coefficient (Wildman–Crippen LogP) is 6.47. The summed E-state index contributed by atoms with van der Waals surface area (Å²) in [5.74, 6) is 0.694. The van der Waals surface area contributed by atoms with Gasteiger partial charge in [-0.3, -0.25) is 0 Å². The molecule has 0 aliphatic rings. The van der Waals surface area contributed by atoms with Crippen LogP contribution in [0.5, 0.6) is 0 Å². The number of halogens is 1. The summed E-state index contributed by atoms with van der Waals surface area (Å²) in [4.78, 5) is 9.68. The molecule has 0 saturated heterocycles. The second kappa shape index (κ2) is 6.07. The van der Waals surface area contributed by atoms with Crippen LogP contribution in [0.1, 0.15) is 0 Å². The Labute approximate surface area is 158 Å². The average molecular weight is 401 g/mol. The molecule has 0 fully saturated rings. The predicted molar refractivity (Wildman–Crippen MR) is 108 cm³/mol. The van der Waals surface area contributed by atoms with Gasteiger partial charge in [-0.2, -0.15) is 0 Å². The average Bonchev–Trinajstić information content (AvgIpc) is 3.06. The molecule has 5 rings (SSSR count). The van der Waals surface area contributed by atoms with Crippen molar-refractivity contribution < 1.29 is 4.42 Å². The zero-order chi connectivity index (χ0) is 17.5. The molecule has 5 aromatic rings. The van der Waals surface area contributed by atoms with Crippen LogP contribution in [0, 0.1) is 0 Å². The topological polar surface area (TPSA) is 38.9 Å². The highest BCUT2D eigenvalue weighted by Crippen LogP contribution is 2.36. The number of furan rings is 1. The Balaban J connectivity index is 1.90. The molecule has 2 aromatic heterocycles. The standard InChI is InChI=1S/C22H13BrN2O/c23-16-11-12-18-17(13-16)20-21(26-18)19(14-7-3-1-4-8-14)24-22(25-20)15-9-5-2-6-10-15/h1-13H. The zero-order valence-corrected chi connectivity index (χ0v) is 15.3. The van der Waals surface area contributed by atoms with E-state index < -0.39 is 0 Å². The van der Waals surface area contributed by atoms with Crippen LogP contribution in [-0.2, 0) is 0 Å².